The number of hydrogen-bond donors (Lipinski definition) is 3. The summed E-state index contributed by atoms with van der Waals surface area (Å²) in [6.07, 6.45) is 1.45. The first-order chi connectivity index (χ1) is 6.63. The molecule has 2 atom stereocenters. The molecule has 1 aliphatic rings. The molecule has 4 N–H and O–H groups in total. The Morgan fingerprint density at radius 2 is 2.36 bits per heavy atom. The van der Waals surface area contributed by atoms with Crippen LogP contribution in [0.25, 0.3) is 0 Å². The number of β-amino-alcohol motifs (C(OH)–C–C–N with tert-alkyl or cyclic N) is 1. The molecule has 0 aromatic heterocycles. The average Bonchev–Trinajstić information content (AvgIpc) is 2.18. The Balaban J connectivity index is 2.36. The van der Waals surface area contributed by atoms with E-state index in [1.54, 1.807) is 0 Å². The summed E-state index contributed by atoms with van der Waals surface area (Å²) in [7, 11) is 0. The van der Waals surface area contributed by atoms with Gasteiger partial charge in [-0.05, 0) is 19.4 Å². The van der Waals surface area contributed by atoms with Crippen molar-refractivity contribution in [2.75, 3.05) is 26.2 Å². The quantitative estimate of drug-likeness (QED) is 0.546. The number of nitrogens with two attached hydrogens (primary N) is 1. The lowest BCUT2D eigenvalue weighted by atomic mass is 9.98. The molecule has 1 aliphatic heterocycles. The van der Waals surface area contributed by atoms with Gasteiger partial charge in [0.25, 0.3) is 0 Å². The smallest absolute Gasteiger partial charge is 0.0897 e. The van der Waals surface area contributed by atoms with E-state index in [1.807, 2.05) is 0 Å². The van der Waals surface area contributed by atoms with E-state index in [-0.39, 0.29) is 12.5 Å². The summed E-state index contributed by atoms with van der Waals surface area (Å²) in [6, 6.07) is 0. The molecular weight excluding hydrogens is 200 g/mol. The van der Waals surface area contributed by atoms with Gasteiger partial charge in [0.15, 0.2) is 0 Å². The Labute approximate surface area is 89.7 Å². The third kappa shape index (κ3) is 3.49. The summed E-state index contributed by atoms with van der Waals surface area (Å²) in [5.41, 5.74) is 5.59. The highest BCUT2D eigenvalue weighted by Crippen LogP contribution is 2.16. The zero-order chi connectivity index (χ0) is 10.6. The molecule has 1 rings (SSSR count). The van der Waals surface area contributed by atoms with Gasteiger partial charge >= 0.3 is 0 Å². The molecular formula is C9H18N2O2S. The lowest BCUT2D eigenvalue weighted by molar-refractivity contribution is 0.0496. The predicted molar refractivity (Wildman–Crippen MR) is 59.0 cm³/mol. The van der Waals surface area contributed by atoms with E-state index in [9.17, 15) is 5.11 Å². The van der Waals surface area contributed by atoms with Crippen LogP contribution in [0.4, 0.5) is 0 Å². The number of likely N-dealkylation sites (tertiary alicyclic amines) is 1. The SMILES string of the molecule is NC(=S)C1CCCN(CC(O)CO)C1. The van der Waals surface area contributed by atoms with Gasteiger partial charge in [-0.25, -0.2) is 0 Å². The van der Waals surface area contributed by atoms with Gasteiger partial charge in [-0.2, -0.15) is 0 Å². The molecule has 0 amide bonds. The van der Waals surface area contributed by atoms with Crippen LogP contribution >= 0.6 is 12.2 Å². The zero-order valence-electron chi connectivity index (χ0n) is 8.22. The number of aliphatic hydroxyl groups excluding tert-OH is 2. The summed E-state index contributed by atoms with van der Waals surface area (Å²) in [5, 5.41) is 18.0. The molecule has 2 unspecified atom stereocenters. The molecule has 5 heteroatoms. The minimum absolute atomic E-state index is 0.186. The molecule has 14 heavy (non-hydrogen) atoms. The van der Waals surface area contributed by atoms with Gasteiger partial charge < -0.3 is 15.9 Å². The minimum atomic E-state index is -0.653. The summed E-state index contributed by atoms with van der Waals surface area (Å²) in [5.74, 6) is 0.268. The average molecular weight is 218 g/mol. The molecule has 1 saturated heterocycles. The van der Waals surface area contributed by atoms with Crippen molar-refractivity contribution in [2.45, 2.75) is 18.9 Å². The number of aliphatic hydroxyl groups is 2. The van der Waals surface area contributed by atoms with Crippen molar-refractivity contribution in [1.82, 2.24) is 4.90 Å². The number of thiocarbonyl (C=S) groups is 1. The van der Waals surface area contributed by atoms with Gasteiger partial charge in [0.2, 0.25) is 0 Å². The number of piperidine rings is 1. The normalized spacial score (nSPS) is 26.0. The molecule has 0 aromatic rings. The molecule has 0 aromatic carbocycles. The molecule has 1 heterocycles. The summed E-state index contributed by atoms with van der Waals surface area (Å²) < 4.78 is 0. The van der Waals surface area contributed by atoms with Gasteiger partial charge in [0.05, 0.1) is 17.7 Å². The Bertz CT molecular complexity index is 201. The van der Waals surface area contributed by atoms with Gasteiger partial charge in [-0.1, -0.05) is 12.2 Å². The van der Waals surface area contributed by atoms with E-state index in [1.165, 1.54) is 0 Å². The fourth-order valence-electron chi connectivity index (χ4n) is 1.81. The first-order valence-corrected chi connectivity index (χ1v) is 5.35. The number of nitrogens with zero attached hydrogens (tertiary/aromatic N) is 1. The van der Waals surface area contributed by atoms with E-state index in [4.69, 9.17) is 23.1 Å². The number of hydrogen-bond acceptors (Lipinski definition) is 4. The third-order valence-electron chi connectivity index (χ3n) is 2.59. The van der Waals surface area contributed by atoms with E-state index >= 15 is 0 Å². The molecule has 0 spiro atoms. The summed E-state index contributed by atoms with van der Waals surface area (Å²) in [4.78, 5) is 2.67. The lowest BCUT2D eigenvalue weighted by Crippen LogP contribution is -2.44. The molecule has 0 radical (unpaired) electrons. The maximum atomic E-state index is 9.28. The van der Waals surface area contributed by atoms with Gasteiger partial charge in [0.1, 0.15) is 0 Å². The topological polar surface area (TPSA) is 69.7 Å². The van der Waals surface area contributed by atoms with Crippen molar-refractivity contribution in [2.24, 2.45) is 11.7 Å². The standard InChI is InChI=1S/C9H18N2O2S/c10-9(14)7-2-1-3-11(4-7)5-8(13)6-12/h7-8,12-13H,1-6H2,(H2,10,14). The van der Waals surface area contributed by atoms with Crippen LogP contribution in [0.5, 0.6) is 0 Å². The second-order valence-electron chi connectivity index (χ2n) is 3.84. The Morgan fingerprint density at radius 1 is 1.64 bits per heavy atom. The van der Waals surface area contributed by atoms with Crippen molar-refractivity contribution in [3.8, 4) is 0 Å². The minimum Gasteiger partial charge on any atom is -0.394 e. The molecule has 0 bridgehead atoms. The van der Waals surface area contributed by atoms with Crippen LogP contribution in [0.3, 0.4) is 0 Å². The molecule has 0 saturated carbocycles. The Morgan fingerprint density at radius 3 is 2.93 bits per heavy atom. The molecule has 4 nitrogen and oxygen atoms in total. The Hall–Kier alpha value is -0.230. The molecule has 0 aliphatic carbocycles. The first-order valence-electron chi connectivity index (χ1n) is 4.94. The van der Waals surface area contributed by atoms with E-state index in [2.05, 4.69) is 4.90 Å². The van der Waals surface area contributed by atoms with Crippen LogP contribution in [0, 0.1) is 5.92 Å². The molecule has 82 valence electrons. The fourth-order valence-corrected chi connectivity index (χ4v) is 2.00. The van der Waals surface area contributed by atoms with Gasteiger partial charge in [-0.3, -0.25) is 4.90 Å². The fraction of sp³-hybridized carbons (Fsp3) is 0.889. The summed E-state index contributed by atoms with van der Waals surface area (Å²) >= 11 is 4.95. The highest BCUT2D eigenvalue weighted by molar-refractivity contribution is 7.80. The Kier molecular flexibility index (Phi) is 4.74. The van der Waals surface area contributed by atoms with Crippen LogP contribution in [0.15, 0.2) is 0 Å². The maximum Gasteiger partial charge on any atom is 0.0897 e. The second-order valence-corrected chi connectivity index (χ2v) is 4.31. The van der Waals surface area contributed by atoms with Crippen molar-refractivity contribution >= 4 is 17.2 Å². The number of rotatable bonds is 4. The highest BCUT2D eigenvalue weighted by atomic mass is 32.1. The van der Waals surface area contributed by atoms with Crippen molar-refractivity contribution in [1.29, 1.82) is 0 Å². The van der Waals surface area contributed by atoms with E-state index < -0.39 is 6.10 Å². The summed E-state index contributed by atoms with van der Waals surface area (Å²) in [6.45, 7) is 2.09. The van der Waals surface area contributed by atoms with Crippen molar-refractivity contribution < 1.29 is 10.2 Å². The van der Waals surface area contributed by atoms with Crippen LogP contribution in [0.1, 0.15) is 12.8 Å². The maximum absolute atomic E-state index is 9.28. The monoisotopic (exact) mass is 218 g/mol. The van der Waals surface area contributed by atoms with Crippen LogP contribution in [-0.2, 0) is 0 Å². The lowest BCUT2D eigenvalue weighted by Gasteiger charge is -2.33. The second kappa shape index (κ2) is 5.60. The van der Waals surface area contributed by atoms with E-state index in [0.29, 0.717) is 11.5 Å². The zero-order valence-corrected chi connectivity index (χ0v) is 9.04. The van der Waals surface area contributed by atoms with Crippen molar-refractivity contribution in [3.63, 3.8) is 0 Å². The van der Waals surface area contributed by atoms with Crippen LogP contribution < -0.4 is 5.73 Å². The predicted octanol–water partition coefficient (Wildman–Crippen LogP) is -0.662. The van der Waals surface area contributed by atoms with Gasteiger partial charge in [0, 0.05) is 19.0 Å². The van der Waals surface area contributed by atoms with Crippen LogP contribution in [0.2, 0.25) is 0 Å². The highest BCUT2D eigenvalue weighted by Gasteiger charge is 2.22. The van der Waals surface area contributed by atoms with Crippen LogP contribution in [-0.4, -0.2) is 52.4 Å². The van der Waals surface area contributed by atoms with Gasteiger partial charge in [-0.15, -0.1) is 0 Å². The first kappa shape index (κ1) is 11.8. The van der Waals surface area contributed by atoms with Crippen molar-refractivity contribution in [3.05, 3.63) is 0 Å². The van der Waals surface area contributed by atoms with E-state index in [0.717, 1.165) is 25.9 Å². The largest absolute Gasteiger partial charge is 0.394 e. The molecule has 1 fully saturated rings. The third-order valence-corrected chi connectivity index (χ3v) is 2.92.